The summed E-state index contributed by atoms with van der Waals surface area (Å²) < 4.78 is 0. The maximum atomic E-state index is 13.4. The summed E-state index contributed by atoms with van der Waals surface area (Å²) in [7, 11) is 0. The van der Waals surface area contributed by atoms with Crippen LogP contribution in [-0.4, -0.2) is 42.5 Å². The highest BCUT2D eigenvalue weighted by Gasteiger charge is 2.54. The van der Waals surface area contributed by atoms with E-state index in [9.17, 15) is 9.59 Å². The molecule has 5 heteroatoms. The number of hydrogen-bond donors (Lipinski definition) is 1. The summed E-state index contributed by atoms with van der Waals surface area (Å²) in [5.74, 6) is 1.53. The van der Waals surface area contributed by atoms with Crippen molar-refractivity contribution in [3.8, 4) is 0 Å². The molecule has 2 heterocycles. The molecule has 0 saturated carbocycles. The van der Waals surface area contributed by atoms with E-state index in [1.54, 1.807) is 0 Å². The van der Waals surface area contributed by atoms with Gasteiger partial charge in [-0.05, 0) is 24.6 Å². The third kappa shape index (κ3) is 3.06. The zero-order chi connectivity index (χ0) is 18.1. The first kappa shape index (κ1) is 17.3. The van der Waals surface area contributed by atoms with Gasteiger partial charge in [0.2, 0.25) is 5.91 Å². The molecule has 2 fully saturated rings. The molecule has 2 aromatic carbocycles. The van der Waals surface area contributed by atoms with Gasteiger partial charge in [-0.25, -0.2) is 4.90 Å². The van der Waals surface area contributed by atoms with E-state index in [-0.39, 0.29) is 17.9 Å². The van der Waals surface area contributed by atoms with Crippen LogP contribution in [0.3, 0.4) is 0 Å². The number of nitrogens with one attached hydrogen (secondary N) is 1. The summed E-state index contributed by atoms with van der Waals surface area (Å²) >= 11 is 1.92. The van der Waals surface area contributed by atoms with Crippen LogP contribution in [0.15, 0.2) is 54.6 Å². The smallest absolute Gasteiger partial charge is 0.293 e. The minimum absolute atomic E-state index is 0.0605. The number of hydrogen-bond acceptors (Lipinski definition) is 3. The van der Waals surface area contributed by atoms with Crippen LogP contribution in [0.5, 0.6) is 0 Å². The van der Waals surface area contributed by atoms with Crippen molar-refractivity contribution < 1.29 is 14.5 Å². The number of thioether (sulfide) groups is 1. The van der Waals surface area contributed by atoms with Crippen LogP contribution in [0, 0.1) is 6.92 Å². The molecule has 134 valence electrons. The summed E-state index contributed by atoms with van der Waals surface area (Å²) in [4.78, 5) is 29.4. The second-order valence-electron chi connectivity index (χ2n) is 6.98. The van der Waals surface area contributed by atoms with Gasteiger partial charge >= 0.3 is 0 Å². The predicted octanol–water partition coefficient (Wildman–Crippen LogP) is 1.65. The summed E-state index contributed by atoms with van der Waals surface area (Å²) in [5.41, 5.74) is 2.73. The average Bonchev–Trinajstić information content (AvgIpc) is 2.94. The zero-order valence-corrected chi connectivity index (χ0v) is 15.7. The molecule has 4 nitrogen and oxygen atoms in total. The molecule has 4 rings (SSSR count). The van der Waals surface area contributed by atoms with Gasteiger partial charge in [0.1, 0.15) is 5.92 Å². The van der Waals surface area contributed by atoms with E-state index in [0.717, 1.165) is 35.7 Å². The lowest BCUT2D eigenvalue weighted by Crippen LogP contribution is -3.18. The average molecular weight is 367 g/mol. The summed E-state index contributed by atoms with van der Waals surface area (Å²) in [6.45, 7) is 3.86. The van der Waals surface area contributed by atoms with E-state index < -0.39 is 5.92 Å². The van der Waals surface area contributed by atoms with Gasteiger partial charge in [0.25, 0.3) is 5.91 Å². The third-order valence-electron chi connectivity index (χ3n) is 5.33. The van der Waals surface area contributed by atoms with Crippen LogP contribution >= 0.6 is 11.8 Å². The number of imide groups is 1. The number of rotatable bonds is 3. The molecule has 26 heavy (non-hydrogen) atoms. The van der Waals surface area contributed by atoms with Crippen molar-refractivity contribution in [3.05, 3.63) is 65.7 Å². The molecule has 1 N–H and O–H groups in total. The predicted molar refractivity (Wildman–Crippen MR) is 105 cm³/mol. The van der Waals surface area contributed by atoms with Gasteiger partial charge in [0, 0.05) is 11.5 Å². The topological polar surface area (TPSA) is 41.8 Å². The fraction of sp³-hybridized carbons (Fsp3) is 0.333. The lowest BCUT2D eigenvalue weighted by atomic mass is 9.92. The van der Waals surface area contributed by atoms with Gasteiger partial charge in [-0.3, -0.25) is 9.59 Å². The Balaban J connectivity index is 1.75. The zero-order valence-electron chi connectivity index (χ0n) is 14.9. The second-order valence-corrected chi connectivity index (χ2v) is 8.21. The van der Waals surface area contributed by atoms with Crippen molar-refractivity contribution in [2.24, 2.45) is 0 Å². The summed E-state index contributed by atoms with van der Waals surface area (Å²) in [5, 5.41) is 0. The van der Waals surface area contributed by atoms with E-state index in [2.05, 4.69) is 0 Å². The molecular formula is C21H23N2O2S+. The highest BCUT2D eigenvalue weighted by Crippen LogP contribution is 2.32. The van der Waals surface area contributed by atoms with Crippen LogP contribution in [0.4, 0.5) is 5.69 Å². The Kier molecular flexibility index (Phi) is 4.83. The molecule has 2 aliphatic heterocycles. The molecule has 0 radical (unpaired) electrons. The van der Waals surface area contributed by atoms with Crippen molar-refractivity contribution in [3.63, 3.8) is 0 Å². The van der Waals surface area contributed by atoms with E-state index in [0.29, 0.717) is 5.69 Å². The van der Waals surface area contributed by atoms with Crippen LogP contribution in [0.1, 0.15) is 17.0 Å². The molecule has 0 aliphatic carbocycles. The SMILES string of the molecule is Cc1ccc(N2C(=O)[C@H](c3ccccc3)[C@@H]([NH+]3CCSCC3)C2=O)cc1. The Morgan fingerprint density at radius 1 is 0.923 bits per heavy atom. The highest BCUT2D eigenvalue weighted by atomic mass is 32.2. The lowest BCUT2D eigenvalue weighted by molar-refractivity contribution is -0.912. The Morgan fingerprint density at radius 3 is 2.23 bits per heavy atom. The van der Waals surface area contributed by atoms with Crippen molar-refractivity contribution >= 4 is 29.3 Å². The van der Waals surface area contributed by atoms with Gasteiger partial charge in [-0.2, -0.15) is 11.8 Å². The lowest BCUT2D eigenvalue weighted by Gasteiger charge is -2.30. The molecule has 2 atom stereocenters. The van der Waals surface area contributed by atoms with Crippen molar-refractivity contribution in [2.45, 2.75) is 18.9 Å². The van der Waals surface area contributed by atoms with Gasteiger partial charge < -0.3 is 4.90 Å². The number of quaternary nitrogens is 1. The summed E-state index contributed by atoms with van der Waals surface area (Å²) in [6, 6.07) is 17.1. The minimum Gasteiger partial charge on any atom is -0.322 e. The van der Waals surface area contributed by atoms with Gasteiger partial charge in [0.15, 0.2) is 6.04 Å². The van der Waals surface area contributed by atoms with Crippen LogP contribution < -0.4 is 9.80 Å². The fourth-order valence-electron chi connectivity index (χ4n) is 3.97. The van der Waals surface area contributed by atoms with Crippen molar-refractivity contribution in [1.82, 2.24) is 0 Å². The summed E-state index contributed by atoms with van der Waals surface area (Å²) in [6.07, 6.45) is 0. The number of carbonyl (C=O) groups excluding carboxylic acids is 2. The largest absolute Gasteiger partial charge is 0.322 e. The first-order valence-electron chi connectivity index (χ1n) is 9.08. The molecule has 2 aromatic rings. The number of carbonyl (C=O) groups is 2. The Bertz CT molecular complexity index is 801. The van der Waals surface area contributed by atoms with Crippen LogP contribution in [0.25, 0.3) is 0 Å². The van der Waals surface area contributed by atoms with E-state index in [1.165, 1.54) is 9.80 Å². The molecule has 0 spiro atoms. The highest BCUT2D eigenvalue weighted by molar-refractivity contribution is 7.99. The van der Waals surface area contributed by atoms with Crippen molar-refractivity contribution in [2.75, 3.05) is 29.5 Å². The number of benzene rings is 2. The minimum atomic E-state index is -0.400. The molecular weight excluding hydrogens is 344 g/mol. The van der Waals surface area contributed by atoms with Crippen LogP contribution in [0.2, 0.25) is 0 Å². The van der Waals surface area contributed by atoms with Crippen LogP contribution in [-0.2, 0) is 9.59 Å². The second kappa shape index (κ2) is 7.25. The third-order valence-corrected chi connectivity index (χ3v) is 6.32. The van der Waals surface area contributed by atoms with Crippen molar-refractivity contribution in [1.29, 1.82) is 0 Å². The van der Waals surface area contributed by atoms with E-state index in [4.69, 9.17) is 0 Å². The molecule has 0 aromatic heterocycles. The monoisotopic (exact) mass is 367 g/mol. The van der Waals surface area contributed by atoms with E-state index >= 15 is 0 Å². The van der Waals surface area contributed by atoms with Gasteiger partial charge in [0.05, 0.1) is 18.8 Å². The Hall–Kier alpha value is -2.11. The first-order chi connectivity index (χ1) is 12.7. The molecule has 2 saturated heterocycles. The Morgan fingerprint density at radius 2 is 1.58 bits per heavy atom. The van der Waals surface area contributed by atoms with Gasteiger partial charge in [-0.15, -0.1) is 0 Å². The number of nitrogens with zero attached hydrogens (tertiary/aromatic N) is 1. The standard InChI is InChI=1S/C21H22N2O2S/c1-15-7-9-17(10-8-15)23-20(24)18(16-5-3-2-4-6-16)19(21(23)25)22-11-13-26-14-12-22/h2-10,18-19H,11-14H2,1H3/p+1/t18-,19-/m1/s1. The Labute approximate surface area is 158 Å². The van der Waals surface area contributed by atoms with E-state index in [1.807, 2.05) is 73.3 Å². The quantitative estimate of drug-likeness (QED) is 0.839. The molecule has 2 amide bonds. The molecule has 0 bridgehead atoms. The normalized spacial score (nSPS) is 24.3. The van der Waals surface area contributed by atoms with Gasteiger partial charge in [-0.1, -0.05) is 48.0 Å². The maximum absolute atomic E-state index is 13.4. The fourth-order valence-corrected chi connectivity index (χ4v) is 4.99. The maximum Gasteiger partial charge on any atom is 0.293 e. The number of anilines is 1. The number of amides is 2. The molecule has 2 aliphatic rings. The molecule has 0 unspecified atom stereocenters. The first-order valence-corrected chi connectivity index (χ1v) is 10.2. The number of aryl methyl sites for hydroxylation is 1.